The minimum Gasteiger partial charge on any atom is -0.490 e. The quantitative estimate of drug-likeness (QED) is 0.705. The fraction of sp³-hybridized carbons (Fsp3) is 0.417. The summed E-state index contributed by atoms with van der Waals surface area (Å²) in [6.07, 6.45) is 2.91. The third kappa shape index (κ3) is 5.17. The number of hydrogen-bond acceptors (Lipinski definition) is 4. The van der Waals surface area contributed by atoms with Crippen LogP contribution in [0, 0.1) is 13.8 Å². The molecule has 7 nitrogen and oxygen atoms in total. The molecule has 2 aromatic rings. The molecule has 0 radical (unpaired) electrons. The molecule has 0 saturated carbocycles. The van der Waals surface area contributed by atoms with Gasteiger partial charge in [-0.1, -0.05) is 17.7 Å². The average molecular weight is 425 g/mol. The van der Waals surface area contributed by atoms with Gasteiger partial charge >= 0.3 is 6.03 Å². The molecule has 0 aromatic heterocycles. The third-order valence-corrected chi connectivity index (χ3v) is 5.93. The number of likely N-dealkylation sites (tertiary alicyclic amines) is 1. The van der Waals surface area contributed by atoms with E-state index in [1.165, 1.54) is 0 Å². The van der Waals surface area contributed by atoms with Gasteiger partial charge in [0.05, 0.1) is 19.8 Å². The molecular weight excluding hydrogens is 394 g/mol. The second-order valence-electron chi connectivity index (χ2n) is 8.36. The van der Waals surface area contributed by atoms with E-state index in [2.05, 4.69) is 16.7 Å². The highest BCUT2D eigenvalue weighted by atomic mass is 16.5. The van der Waals surface area contributed by atoms with Gasteiger partial charge in [0, 0.05) is 30.5 Å². The Kier molecular flexibility index (Phi) is 6.42. The monoisotopic (exact) mass is 424 g/mol. The first-order valence-corrected chi connectivity index (χ1v) is 10.9. The normalized spacial score (nSPS) is 20.1. The molecule has 2 atom stereocenters. The Balaban J connectivity index is 1.36. The number of quaternary nitrogens is 1. The van der Waals surface area contributed by atoms with Crippen LogP contribution >= 0.6 is 0 Å². The smallest absolute Gasteiger partial charge is 0.326 e. The minimum atomic E-state index is -0.498. The van der Waals surface area contributed by atoms with E-state index in [9.17, 15) is 9.59 Å². The Labute approximate surface area is 182 Å². The van der Waals surface area contributed by atoms with Gasteiger partial charge in [0.1, 0.15) is 6.04 Å². The number of rotatable bonds is 4. The van der Waals surface area contributed by atoms with Gasteiger partial charge in [0.2, 0.25) is 0 Å². The van der Waals surface area contributed by atoms with Crippen molar-refractivity contribution < 1.29 is 24.0 Å². The number of imide groups is 1. The Hall–Kier alpha value is -3.06. The number of aryl methyl sites for hydroxylation is 2. The number of amides is 3. The van der Waals surface area contributed by atoms with E-state index in [1.54, 1.807) is 0 Å². The maximum absolute atomic E-state index is 12.6. The third-order valence-electron chi connectivity index (χ3n) is 5.93. The van der Waals surface area contributed by atoms with E-state index in [1.807, 2.05) is 44.2 Å². The molecule has 7 heteroatoms. The number of carbonyl (C=O) groups is 2. The van der Waals surface area contributed by atoms with E-state index in [-0.39, 0.29) is 18.5 Å². The van der Waals surface area contributed by atoms with E-state index < -0.39 is 6.03 Å². The van der Waals surface area contributed by atoms with Gasteiger partial charge in [-0.25, -0.2) is 4.79 Å². The van der Waals surface area contributed by atoms with Crippen molar-refractivity contribution in [2.24, 2.45) is 0 Å². The molecular formula is C24H30N3O4+. The molecule has 4 rings (SSSR count). The van der Waals surface area contributed by atoms with Crippen LogP contribution in [-0.2, 0) is 4.79 Å². The SMILES string of the molecule is Cc1ccc(NC(=O)NC(=O)C[NH+]2CCC[C@H]2c2ccc3c(c2)OCCCO3)c(C)c1. The van der Waals surface area contributed by atoms with Crippen molar-refractivity contribution in [2.75, 3.05) is 31.6 Å². The number of benzene rings is 2. The lowest BCUT2D eigenvalue weighted by atomic mass is 10.0. The number of carbonyl (C=O) groups excluding carboxylic acids is 2. The van der Waals surface area contributed by atoms with E-state index in [0.717, 1.165) is 58.9 Å². The van der Waals surface area contributed by atoms with Crippen molar-refractivity contribution >= 4 is 17.6 Å². The number of anilines is 1. The zero-order chi connectivity index (χ0) is 21.8. The molecule has 31 heavy (non-hydrogen) atoms. The fourth-order valence-corrected chi connectivity index (χ4v) is 4.41. The molecule has 0 aliphatic carbocycles. The topological polar surface area (TPSA) is 81.1 Å². The van der Waals surface area contributed by atoms with Crippen molar-refractivity contribution in [3.8, 4) is 11.5 Å². The number of hydrogen-bond donors (Lipinski definition) is 3. The van der Waals surface area contributed by atoms with Crippen molar-refractivity contribution in [3.05, 3.63) is 53.1 Å². The van der Waals surface area contributed by atoms with Crippen LogP contribution in [0.15, 0.2) is 36.4 Å². The number of nitrogens with one attached hydrogen (secondary N) is 3. The van der Waals surface area contributed by atoms with Crippen molar-refractivity contribution in [2.45, 2.75) is 39.2 Å². The van der Waals surface area contributed by atoms with Crippen molar-refractivity contribution in [3.63, 3.8) is 0 Å². The first-order chi connectivity index (χ1) is 15.0. The highest BCUT2D eigenvalue weighted by Crippen LogP contribution is 2.33. The average Bonchev–Trinajstić information content (AvgIpc) is 3.05. The predicted molar refractivity (Wildman–Crippen MR) is 118 cm³/mol. The van der Waals surface area contributed by atoms with Crippen LogP contribution in [0.25, 0.3) is 0 Å². The molecule has 2 aliphatic rings. The molecule has 0 spiro atoms. The van der Waals surface area contributed by atoms with E-state index >= 15 is 0 Å². The molecule has 1 saturated heterocycles. The largest absolute Gasteiger partial charge is 0.490 e. The Bertz CT molecular complexity index is 975. The van der Waals surface area contributed by atoms with Crippen LogP contribution in [-0.4, -0.2) is 38.2 Å². The second kappa shape index (κ2) is 9.39. The standard InChI is InChI=1S/C24H29N3O4/c1-16-6-8-19(17(2)13-16)25-24(29)26-23(28)15-27-10-3-5-20(27)18-7-9-21-22(14-18)31-12-4-11-30-21/h6-9,13-14,20H,3-5,10-12,15H2,1-2H3,(H2,25,26,28,29)/p+1/t20-/m0/s1. The Morgan fingerprint density at radius 2 is 1.84 bits per heavy atom. The molecule has 0 bridgehead atoms. The number of fused-ring (bicyclic) bond motifs is 1. The Morgan fingerprint density at radius 3 is 2.65 bits per heavy atom. The molecule has 2 aliphatic heterocycles. The summed E-state index contributed by atoms with van der Waals surface area (Å²) in [6.45, 7) is 6.38. The van der Waals surface area contributed by atoms with E-state index in [0.29, 0.717) is 18.9 Å². The zero-order valence-corrected chi connectivity index (χ0v) is 18.1. The van der Waals surface area contributed by atoms with Crippen LogP contribution in [0.5, 0.6) is 11.5 Å². The highest BCUT2D eigenvalue weighted by Gasteiger charge is 2.32. The lowest BCUT2D eigenvalue weighted by molar-refractivity contribution is -0.910. The molecule has 2 aromatic carbocycles. The summed E-state index contributed by atoms with van der Waals surface area (Å²) < 4.78 is 11.5. The lowest BCUT2D eigenvalue weighted by Crippen LogP contribution is -3.11. The zero-order valence-electron chi connectivity index (χ0n) is 18.1. The van der Waals surface area contributed by atoms with E-state index in [4.69, 9.17) is 9.47 Å². The van der Waals surface area contributed by atoms with Crippen LogP contribution < -0.4 is 25.0 Å². The van der Waals surface area contributed by atoms with Crippen LogP contribution in [0.3, 0.4) is 0 Å². The van der Waals surface area contributed by atoms with Crippen LogP contribution in [0.1, 0.15) is 42.0 Å². The summed E-state index contributed by atoms with van der Waals surface area (Å²) >= 11 is 0. The van der Waals surface area contributed by atoms with Gasteiger partial charge in [-0.2, -0.15) is 0 Å². The molecule has 3 amide bonds. The summed E-state index contributed by atoms with van der Waals surface area (Å²) in [5.74, 6) is 1.28. The van der Waals surface area contributed by atoms with Crippen LogP contribution in [0.2, 0.25) is 0 Å². The second-order valence-corrected chi connectivity index (χ2v) is 8.36. The van der Waals surface area contributed by atoms with Gasteiger partial charge < -0.3 is 19.7 Å². The Morgan fingerprint density at radius 1 is 1.03 bits per heavy atom. The maximum atomic E-state index is 12.6. The number of urea groups is 1. The predicted octanol–water partition coefficient (Wildman–Crippen LogP) is 2.53. The summed E-state index contributed by atoms with van der Waals surface area (Å²) in [5.41, 5.74) is 3.93. The lowest BCUT2D eigenvalue weighted by Gasteiger charge is -2.22. The maximum Gasteiger partial charge on any atom is 0.326 e. The molecule has 1 unspecified atom stereocenters. The number of ether oxygens (including phenoxy) is 2. The summed E-state index contributed by atoms with van der Waals surface area (Å²) in [5, 5.41) is 5.24. The first kappa shape index (κ1) is 21.2. The van der Waals surface area contributed by atoms with Gasteiger partial charge in [0.25, 0.3) is 5.91 Å². The van der Waals surface area contributed by atoms with Gasteiger partial charge in [-0.15, -0.1) is 0 Å². The van der Waals surface area contributed by atoms with Crippen molar-refractivity contribution in [1.29, 1.82) is 0 Å². The summed E-state index contributed by atoms with van der Waals surface area (Å²) in [6, 6.07) is 11.5. The highest BCUT2D eigenvalue weighted by molar-refractivity contribution is 6.01. The molecule has 3 N–H and O–H groups in total. The first-order valence-electron chi connectivity index (χ1n) is 10.9. The summed E-state index contributed by atoms with van der Waals surface area (Å²) in [7, 11) is 0. The summed E-state index contributed by atoms with van der Waals surface area (Å²) in [4.78, 5) is 26.0. The molecule has 2 heterocycles. The minimum absolute atomic E-state index is 0.199. The van der Waals surface area contributed by atoms with Crippen LogP contribution in [0.4, 0.5) is 10.5 Å². The molecule has 1 fully saturated rings. The van der Waals surface area contributed by atoms with Crippen molar-refractivity contribution in [1.82, 2.24) is 5.32 Å². The van der Waals surface area contributed by atoms with Gasteiger partial charge in [-0.05, 0) is 43.7 Å². The molecule has 164 valence electrons. The van der Waals surface area contributed by atoms with Gasteiger partial charge in [-0.3, -0.25) is 10.1 Å². The van der Waals surface area contributed by atoms with Gasteiger partial charge in [0.15, 0.2) is 18.0 Å². The fourth-order valence-electron chi connectivity index (χ4n) is 4.41.